The largest absolute Gasteiger partial charge is 0.494 e. The van der Waals surface area contributed by atoms with Crippen molar-refractivity contribution in [1.29, 1.82) is 0 Å². The van der Waals surface area contributed by atoms with Crippen molar-refractivity contribution in [3.63, 3.8) is 0 Å². The summed E-state index contributed by atoms with van der Waals surface area (Å²) in [6.07, 6.45) is 2.15. The quantitative estimate of drug-likeness (QED) is 0.727. The number of hydrogen-bond acceptors (Lipinski definition) is 3. The molecule has 0 fully saturated rings. The lowest BCUT2D eigenvalue weighted by atomic mass is 10.2. The predicted octanol–water partition coefficient (Wildman–Crippen LogP) is 1.94. The van der Waals surface area contributed by atoms with Crippen molar-refractivity contribution >= 4 is 5.91 Å². The molecular formula is C14H22N2O2. The predicted molar refractivity (Wildman–Crippen MR) is 72.8 cm³/mol. The molecule has 0 radical (unpaired) electrons. The van der Waals surface area contributed by atoms with Gasteiger partial charge in [-0.05, 0) is 37.6 Å². The molecular weight excluding hydrogens is 228 g/mol. The molecule has 0 aliphatic rings. The van der Waals surface area contributed by atoms with E-state index in [1.165, 1.54) is 0 Å². The first-order valence-electron chi connectivity index (χ1n) is 6.41. The van der Waals surface area contributed by atoms with Crippen molar-refractivity contribution in [2.45, 2.75) is 32.7 Å². The van der Waals surface area contributed by atoms with Crippen molar-refractivity contribution < 1.29 is 9.53 Å². The molecule has 0 bridgehead atoms. The average Bonchev–Trinajstić information content (AvgIpc) is 2.39. The highest BCUT2D eigenvalue weighted by Crippen LogP contribution is 2.12. The van der Waals surface area contributed by atoms with Crippen LogP contribution < -0.4 is 15.8 Å². The summed E-state index contributed by atoms with van der Waals surface area (Å²) in [6.45, 7) is 5.14. The summed E-state index contributed by atoms with van der Waals surface area (Å²) in [6, 6.07) is 7.15. The highest BCUT2D eigenvalue weighted by Gasteiger charge is 2.08. The Balaban J connectivity index is 2.51. The Bertz CT molecular complexity index is 363. The van der Waals surface area contributed by atoms with Crippen LogP contribution in [-0.4, -0.2) is 25.1 Å². The molecule has 0 spiro atoms. The van der Waals surface area contributed by atoms with Gasteiger partial charge in [-0.1, -0.05) is 13.3 Å². The van der Waals surface area contributed by atoms with Crippen LogP contribution in [0.5, 0.6) is 5.75 Å². The van der Waals surface area contributed by atoms with Gasteiger partial charge < -0.3 is 15.8 Å². The standard InChI is InChI=1S/C14H22N2O2/c1-3-4-9-18-13-7-5-12(6-8-13)14(17)16-11(2)10-15/h5-8,11H,3-4,9-10,15H2,1-2H3,(H,16,17). The minimum Gasteiger partial charge on any atom is -0.494 e. The molecule has 1 aromatic rings. The van der Waals surface area contributed by atoms with E-state index in [0.717, 1.165) is 18.6 Å². The van der Waals surface area contributed by atoms with Gasteiger partial charge in [0.25, 0.3) is 5.91 Å². The van der Waals surface area contributed by atoms with Gasteiger partial charge in [0, 0.05) is 18.2 Å². The summed E-state index contributed by atoms with van der Waals surface area (Å²) >= 11 is 0. The number of nitrogens with two attached hydrogens (primary N) is 1. The third-order valence-corrected chi connectivity index (χ3v) is 2.61. The number of unbranched alkanes of at least 4 members (excludes halogenated alkanes) is 1. The molecule has 0 heterocycles. The number of amides is 1. The molecule has 0 saturated carbocycles. The molecule has 18 heavy (non-hydrogen) atoms. The van der Waals surface area contributed by atoms with Crippen molar-refractivity contribution in [2.75, 3.05) is 13.2 Å². The maximum atomic E-state index is 11.8. The monoisotopic (exact) mass is 250 g/mol. The molecule has 4 nitrogen and oxygen atoms in total. The first-order valence-corrected chi connectivity index (χ1v) is 6.41. The topological polar surface area (TPSA) is 64.3 Å². The third kappa shape index (κ3) is 4.75. The van der Waals surface area contributed by atoms with Crippen LogP contribution >= 0.6 is 0 Å². The Morgan fingerprint density at radius 3 is 2.61 bits per heavy atom. The molecule has 1 atom stereocenters. The van der Waals surface area contributed by atoms with Crippen LogP contribution in [-0.2, 0) is 0 Å². The molecule has 0 aliphatic heterocycles. The van der Waals surface area contributed by atoms with Crippen LogP contribution in [0, 0.1) is 0 Å². The van der Waals surface area contributed by atoms with E-state index >= 15 is 0 Å². The van der Waals surface area contributed by atoms with Crippen molar-refractivity contribution in [1.82, 2.24) is 5.32 Å². The maximum absolute atomic E-state index is 11.8. The van der Waals surface area contributed by atoms with Gasteiger partial charge in [0.2, 0.25) is 0 Å². The number of carbonyl (C=O) groups is 1. The van der Waals surface area contributed by atoms with Gasteiger partial charge in [0.1, 0.15) is 5.75 Å². The Morgan fingerprint density at radius 1 is 1.39 bits per heavy atom. The van der Waals surface area contributed by atoms with Gasteiger partial charge in [-0.2, -0.15) is 0 Å². The number of benzene rings is 1. The molecule has 1 rings (SSSR count). The number of nitrogens with one attached hydrogen (secondary N) is 1. The molecule has 100 valence electrons. The third-order valence-electron chi connectivity index (χ3n) is 2.61. The Hall–Kier alpha value is -1.55. The van der Waals surface area contributed by atoms with Crippen LogP contribution in [0.15, 0.2) is 24.3 Å². The van der Waals surface area contributed by atoms with E-state index in [0.29, 0.717) is 18.7 Å². The van der Waals surface area contributed by atoms with Crippen LogP contribution in [0.2, 0.25) is 0 Å². The summed E-state index contributed by atoms with van der Waals surface area (Å²) in [5.41, 5.74) is 6.08. The van der Waals surface area contributed by atoms with Crippen molar-refractivity contribution in [2.24, 2.45) is 5.73 Å². The van der Waals surface area contributed by atoms with Crippen molar-refractivity contribution in [3.8, 4) is 5.75 Å². The lowest BCUT2D eigenvalue weighted by molar-refractivity contribution is 0.0941. The van der Waals surface area contributed by atoms with E-state index in [1.54, 1.807) is 12.1 Å². The van der Waals surface area contributed by atoms with Crippen LogP contribution in [0.4, 0.5) is 0 Å². The molecule has 0 aliphatic carbocycles. The second-order valence-corrected chi connectivity index (χ2v) is 4.34. The fourth-order valence-corrected chi connectivity index (χ4v) is 1.40. The van der Waals surface area contributed by atoms with Gasteiger partial charge in [-0.25, -0.2) is 0 Å². The Labute approximate surface area is 109 Å². The second kappa shape index (κ2) is 7.71. The van der Waals surface area contributed by atoms with Gasteiger partial charge in [-0.3, -0.25) is 4.79 Å². The van der Waals surface area contributed by atoms with E-state index in [4.69, 9.17) is 10.5 Å². The van der Waals surface area contributed by atoms with Crippen molar-refractivity contribution in [3.05, 3.63) is 29.8 Å². The zero-order valence-corrected chi connectivity index (χ0v) is 11.1. The van der Waals surface area contributed by atoms with E-state index < -0.39 is 0 Å². The lowest BCUT2D eigenvalue weighted by Gasteiger charge is -2.11. The maximum Gasteiger partial charge on any atom is 0.251 e. The Morgan fingerprint density at radius 2 is 2.06 bits per heavy atom. The SMILES string of the molecule is CCCCOc1ccc(C(=O)NC(C)CN)cc1. The molecule has 3 N–H and O–H groups in total. The molecule has 1 unspecified atom stereocenters. The van der Waals surface area contributed by atoms with E-state index in [1.807, 2.05) is 19.1 Å². The smallest absolute Gasteiger partial charge is 0.251 e. The molecule has 1 aromatic carbocycles. The summed E-state index contributed by atoms with van der Waals surface area (Å²) < 4.78 is 5.53. The van der Waals surface area contributed by atoms with E-state index in [-0.39, 0.29) is 11.9 Å². The van der Waals surface area contributed by atoms with Gasteiger partial charge in [-0.15, -0.1) is 0 Å². The van der Waals surface area contributed by atoms with Crippen LogP contribution in [0.25, 0.3) is 0 Å². The number of carbonyl (C=O) groups excluding carboxylic acids is 1. The first kappa shape index (κ1) is 14.5. The van der Waals surface area contributed by atoms with Gasteiger partial charge >= 0.3 is 0 Å². The minimum atomic E-state index is -0.104. The number of rotatable bonds is 7. The molecule has 4 heteroatoms. The van der Waals surface area contributed by atoms with Crippen LogP contribution in [0.3, 0.4) is 0 Å². The minimum absolute atomic E-state index is 0.0158. The average molecular weight is 250 g/mol. The fraction of sp³-hybridized carbons (Fsp3) is 0.500. The van der Waals surface area contributed by atoms with Crippen LogP contribution in [0.1, 0.15) is 37.0 Å². The first-order chi connectivity index (χ1) is 8.67. The summed E-state index contributed by atoms with van der Waals surface area (Å²) in [5, 5.41) is 2.81. The molecule has 0 saturated heterocycles. The summed E-state index contributed by atoms with van der Waals surface area (Å²) in [7, 11) is 0. The molecule has 0 aromatic heterocycles. The van der Waals surface area contributed by atoms with E-state index in [9.17, 15) is 4.79 Å². The zero-order chi connectivity index (χ0) is 13.4. The summed E-state index contributed by atoms with van der Waals surface area (Å²) in [5.74, 6) is 0.694. The highest BCUT2D eigenvalue weighted by molar-refractivity contribution is 5.94. The summed E-state index contributed by atoms with van der Waals surface area (Å²) in [4.78, 5) is 11.8. The fourth-order valence-electron chi connectivity index (χ4n) is 1.40. The normalized spacial score (nSPS) is 11.9. The Kier molecular flexibility index (Phi) is 6.22. The second-order valence-electron chi connectivity index (χ2n) is 4.34. The van der Waals surface area contributed by atoms with E-state index in [2.05, 4.69) is 12.2 Å². The van der Waals surface area contributed by atoms with Gasteiger partial charge in [0.15, 0.2) is 0 Å². The molecule has 1 amide bonds. The van der Waals surface area contributed by atoms with Gasteiger partial charge in [0.05, 0.1) is 6.61 Å². The lowest BCUT2D eigenvalue weighted by Crippen LogP contribution is -2.37. The highest BCUT2D eigenvalue weighted by atomic mass is 16.5. The number of ether oxygens (including phenoxy) is 1. The zero-order valence-electron chi connectivity index (χ0n) is 11.1. The number of hydrogen-bond donors (Lipinski definition) is 2.